The summed E-state index contributed by atoms with van der Waals surface area (Å²) < 4.78 is 35.4. The minimum atomic E-state index is -3.99. The second kappa shape index (κ2) is 12.0. The van der Waals surface area contributed by atoms with Gasteiger partial charge in [0.05, 0.1) is 35.3 Å². The van der Waals surface area contributed by atoms with Gasteiger partial charge in [0.25, 0.3) is 15.9 Å². The van der Waals surface area contributed by atoms with E-state index in [1.165, 1.54) is 23.1 Å². The van der Waals surface area contributed by atoms with Crippen molar-refractivity contribution < 1.29 is 27.9 Å². The molecule has 11 heteroatoms. The molecule has 208 valence electrons. The maximum Gasteiger partial charge on any atom is 0.317 e. The number of aliphatic hydroxyl groups excluding tert-OH is 1. The molecular weight excluding hydrogens is 508 g/mol. The number of carbonyl (C=O) groups excluding carboxylic acids is 2. The monoisotopic (exact) mass is 546 g/mol. The molecule has 2 aromatic rings. The van der Waals surface area contributed by atoms with Crippen LogP contribution in [0.15, 0.2) is 47.4 Å². The molecule has 0 unspecified atom stereocenters. The van der Waals surface area contributed by atoms with Crippen molar-refractivity contribution in [3.8, 4) is 5.75 Å². The van der Waals surface area contributed by atoms with Crippen LogP contribution in [-0.4, -0.2) is 80.2 Å². The number of nitrogens with one attached hydrogen (secondary N) is 2. The molecule has 3 rings (SSSR count). The van der Waals surface area contributed by atoms with Crippen molar-refractivity contribution in [3.05, 3.63) is 53.6 Å². The summed E-state index contributed by atoms with van der Waals surface area (Å²) in [5.41, 5.74) is 1.20. The molecule has 0 bridgehead atoms. The van der Waals surface area contributed by atoms with Gasteiger partial charge in [0.15, 0.2) is 5.75 Å². The molecule has 10 nitrogen and oxygen atoms in total. The highest BCUT2D eigenvalue weighted by Gasteiger charge is 2.35. The Morgan fingerprint density at radius 2 is 1.84 bits per heavy atom. The first-order valence-electron chi connectivity index (χ1n) is 12.7. The average Bonchev–Trinajstić information content (AvgIpc) is 2.85. The number of para-hydroxylation sites is 1. The Hall–Kier alpha value is -3.31. The largest absolute Gasteiger partial charge is 0.485 e. The Labute approximate surface area is 225 Å². The van der Waals surface area contributed by atoms with Crippen molar-refractivity contribution in [2.75, 3.05) is 31.5 Å². The van der Waals surface area contributed by atoms with Gasteiger partial charge in [-0.2, -0.15) is 0 Å². The number of aryl methyl sites for hydroxylation is 1. The third kappa shape index (κ3) is 6.76. The average molecular weight is 547 g/mol. The molecule has 3 amide bonds. The van der Waals surface area contributed by atoms with Crippen molar-refractivity contribution in [2.45, 2.75) is 57.7 Å². The summed E-state index contributed by atoms with van der Waals surface area (Å²) in [5.74, 6) is -0.552. The van der Waals surface area contributed by atoms with E-state index in [4.69, 9.17) is 4.74 Å². The zero-order valence-electron chi connectivity index (χ0n) is 22.8. The molecule has 0 fully saturated rings. The number of likely N-dealkylation sites (N-methyl/N-ethyl adjacent to an activating group) is 1. The van der Waals surface area contributed by atoms with Crippen LogP contribution in [0.4, 0.5) is 10.5 Å². The quantitative estimate of drug-likeness (QED) is 0.467. The van der Waals surface area contributed by atoms with Gasteiger partial charge >= 0.3 is 6.03 Å². The van der Waals surface area contributed by atoms with Gasteiger partial charge in [-0.3, -0.25) is 9.52 Å². The molecule has 0 spiro atoms. The van der Waals surface area contributed by atoms with E-state index in [0.717, 1.165) is 5.56 Å². The molecule has 38 heavy (non-hydrogen) atoms. The molecule has 0 radical (unpaired) electrons. The maximum absolute atomic E-state index is 13.6. The number of aliphatic hydroxyl groups is 1. The normalized spacial score (nSPS) is 18.6. The molecule has 1 aliphatic heterocycles. The maximum atomic E-state index is 13.6. The van der Waals surface area contributed by atoms with Gasteiger partial charge in [-0.05, 0) is 52.0 Å². The molecule has 2 aromatic carbocycles. The first kappa shape index (κ1) is 29.2. The fraction of sp³-hybridized carbons (Fsp3) is 0.481. The molecule has 0 saturated carbocycles. The van der Waals surface area contributed by atoms with Crippen LogP contribution in [-0.2, 0) is 10.0 Å². The van der Waals surface area contributed by atoms with Gasteiger partial charge < -0.3 is 25.0 Å². The first-order chi connectivity index (χ1) is 17.8. The summed E-state index contributed by atoms with van der Waals surface area (Å²) in [5, 5.41) is 12.7. The Balaban J connectivity index is 2.05. The van der Waals surface area contributed by atoms with Crippen LogP contribution in [0.2, 0.25) is 0 Å². The number of anilines is 1. The summed E-state index contributed by atoms with van der Waals surface area (Å²) >= 11 is 0. The first-order valence-corrected chi connectivity index (χ1v) is 14.1. The van der Waals surface area contributed by atoms with E-state index in [1.54, 1.807) is 43.1 Å². The van der Waals surface area contributed by atoms with E-state index in [2.05, 4.69) is 10.0 Å². The Kier molecular flexibility index (Phi) is 9.26. The Morgan fingerprint density at radius 1 is 1.18 bits per heavy atom. The minimum absolute atomic E-state index is 0.0531. The van der Waals surface area contributed by atoms with Gasteiger partial charge in [-0.1, -0.05) is 30.7 Å². The number of ether oxygens (including phenoxy) is 1. The minimum Gasteiger partial charge on any atom is -0.485 e. The fourth-order valence-electron chi connectivity index (χ4n) is 4.17. The summed E-state index contributed by atoms with van der Waals surface area (Å²) in [7, 11) is -2.34. The second-order valence-electron chi connectivity index (χ2n) is 10.2. The highest BCUT2D eigenvalue weighted by Crippen LogP contribution is 2.36. The van der Waals surface area contributed by atoms with Crippen LogP contribution >= 0.6 is 0 Å². The zero-order valence-corrected chi connectivity index (χ0v) is 23.6. The van der Waals surface area contributed by atoms with E-state index in [0.29, 0.717) is 0 Å². The lowest BCUT2D eigenvalue weighted by molar-refractivity contribution is 0.0369. The number of benzene rings is 2. The second-order valence-corrected chi connectivity index (χ2v) is 11.9. The van der Waals surface area contributed by atoms with E-state index >= 15 is 0 Å². The molecule has 0 aromatic heterocycles. The van der Waals surface area contributed by atoms with Crippen molar-refractivity contribution in [3.63, 3.8) is 0 Å². The van der Waals surface area contributed by atoms with Crippen molar-refractivity contribution in [2.24, 2.45) is 5.92 Å². The number of hydrogen-bond acceptors (Lipinski definition) is 6. The van der Waals surface area contributed by atoms with E-state index < -0.39 is 22.2 Å². The smallest absolute Gasteiger partial charge is 0.317 e. The summed E-state index contributed by atoms with van der Waals surface area (Å²) in [6, 6.07) is 10.3. The molecule has 1 heterocycles. The Morgan fingerprint density at radius 3 is 2.45 bits per heavy atom. The number of carbonyl (C=O) groups is 2. The van der Waals surface area contributed by atoms with E-state index in [-0.39, 0.29) is 65.5 Å². The van der Waals surface area contributed by atoms with E-state index in [9.17, 15) is 23.1 Å². The van der Waals surface area contributed by atoms with Gasteiger partial charge in [-0.15, -0.1) is 0 Å². The predicted molar refractivity (Wildman–Crippen MR) is 146 cm³/mol. The third-order valence-corrected chi connectivity index (χ3v) is 7.86. The van der Waals surface area contributed by atoms with Crippen molar-refractivity contribution in [1.82, 2.24) is 15.1 Å². The van der Waals surface area contributed by atoms with Crippen LogP contribution in [0.3, 0.4) is 0 Å². The molecule has 3 N–H and O–H groups in total. The number of hydrogen-bond donors (Lipinski definition) is 3. The highest BCUT2D eigenvalue weighted by molar-refractivity contribution is 7.92. The SMILES string of the molecule is Cc1ccc(S(=O)(=O)Nc2cccc3c2O[C@H](CN(C)C(=O)NC(C)C)[C@H](C)CN([C@H](C)CO)C3=O)cc1. The predicted octanol–water partition coefficient (Wildman–Crippen LogP) is 3.07. The molecular formula is C27H38N4O6S. The zero-order chi connectivity index (χ0) is 28.2. The fourth-order valence-corrected chi connectivity index (χ4v) is 5.24. The lowest BCUT2D eigenvalue weighted by Gasteiger charge is -2.38. The molecule has 1 aliphatic rings. The van der Waals surface area contributed by atoms with Crippen LogP contribution in [0.1, 0.15) is 43.6 Å². The summed E-state index contributed by atoms with van der Waals surface area (Å²) in [4.78, 5) is 29.3. The van der Waals surface area contributed by atoms with Crippen LogP contribution in [0.5, 0.6) is 5.75 Å². The molecule has 0 saturated heterocycles. The van der Waals surface area contributed by atoms with Gasteiger partial charge in [0, 0.05) is 25.6 Å². The lowest BCUT2D eigenvalue weighted by atomic mass is 9.99. The number of rotatable bonds is 8. The third-order valence-electron chi connectivity index (χ3n) is 6.48. The number of urea groups is 1. The summed E-state index contributed by atoms with van der Waals surface area (Å²) in [6.45, 7) is 9.46. The van der Waals surface area contributed by atoms with Crippen LogP contribution < -0.4 is 14.8 Å². The highest BCUT2D eigenvalue weighted by atomic mass is 32.2. The molecule has 0 aliphatic carbocycles. The Bertz CT molecular complexity index is 1250. The number of fused-ring (bicyclic) bond motifs is 1. The van der Waals surface area contributed by atoms with Gasteiger partial charge in [-0.25, -0.2) is 13.2 Å². The van der Waals surface area contributed by atoms with Crippen LogP contribution in [0, 0.1) is 12.8 Å². The van der Waals surface area contributed by atoms with Crippen molar-refractivity contribution >= 4 is 27.6 Å². The lowest BCUT2D eigenvalue weighted by Crippen LogP contribution is -2.51. The van der Waals surface area contributed by atoms with Crippen molar-refractivity contribution in [1.29, 1.82) is 0 Å². The standard InChI is InChI=1S/C27H38N4O6S/c1-17(2)28-27(34)30(6)15-24-19(4)14-31(20(5)16-32)26(33)22-8-7-9-23(25(22)37-24)29-38(35,36)21-12-10-18(3)11-13-21/h7-13,17,19-20,24,29,32H,14-16H2,1-6H3,(H,28,34)/t19-,20-,24-/m1/s1. The van der Waals surface area contributed by atoms with Gasteiger partial charge in [0.2, 0.25) is 0 Å². The number of nitrogens with zero attached hydrogens (tertiary/aromatic N) is 2. The number of amides is 3. The molecule has 3 atom stereocenters. The number of sulfonamides is 1. The van der Waals surface area contributed by atoms with Gasteiger partial charge in [0.1, 0.15) is 6.10 Å². The van der Waals surface area contributed by atoms with E-state index in [1.807, 2.05) is 27.7 Å². The topological polar surface area (TPSA) is 128 Å². The van der Waals surface area contributed by atoms with Crippen LogP contribution in [0.25, 0.3) is 0 Å². The summed E-state index contributed by atoms with van der Waals surface area (Å²) in [6.07, 6.45) is -0.580.